The smallest absolute Gasteiger partial charge is 0.330 e. The third-order valence-corrected chi connectivity index (χ3v) is 6.26. The van der Waals surface area contributed by atoms with E-state index in [-0.39, 0.29) is 11.5 Å². The number of halogens is 2. The molecule has 0 N–H and O–H groups in total. The fraction of sp³-hybridized carbons (Fsp3) is 0.125. The van der Waals surface area contributed by atoms with E-state index in [1.807, 2.05) is 36.2 Å². The van der Waals surface area contributed by atoms with Gasteiger partial charge in [-0.15, -0.1) is 0 Å². The maximum Gasteiger partial charge on any atom is 0.330 e. The molecule has 0 saturated carbocycles. The zero-order valence-electron chi connectivity index (χ0n) is 18.1. The Hall–Kier alpha value is -3.20. The molecule has 0 heterocycles. The van der Waals surface area contributed by atoms with Gasteiger partial charge in [0.2, 0.25) is 0 Å². The van der Waals surface area contributed by atoms with Gasteiger partial charge in [0.1, 0.15) is 6.61 Å². The van der Waals surface area contributed by atoms with E-state index in [1.54, 1.807) is 30.3 Å². The van der Waals surface area contributed by atoms with Crippen LogP contribution in [-0.4, -0.2) is 34.6 Å². The van der Waals surface area contributed by atoms with Crippen molar-refractivity contribution in [3.8, 4) is 0 Å². The van der Waals surface area contributed by atoms with Gasteiger partial charge >= 0.3 is 5.97 Å². The molecular formula is C24H21Cl2N3O4S. The minimum Gasteiger partial charge on any atom is -0.461 e. The lowest BCUT2D eigenvalue weighted by molar-refractivity contribution is -0.137. The average molecular weight is 518 g/mol. The van der Waals surface area contributed by atoms with Crippen molar-refractivity contribution in [1.29, 1.82) is 0 Å². The van der Waals surface area contributed by atoms with Crippen LogP contribution in [0.4, 0.5) is 17.1 Å². The molecule has 0 aromatic heterocycles. The van der Waals surface area contributed by atoms with Gasteiger partial charge in [-0.1, -0.05) is 23.7 Å². The minimum atomic E-state index is -3.77. The quantitative estimate of drug-likeness (QED) is 0.142. The van der Waals surface area contributed by atoms with E-state index < -0.39 is 15.0 Å². The number of carbonyl (C=O) groups is 1. The Morgan fingerprint density at radius 3 is 2.06 bits per heavy atom. The third-order valence-electron chi connectivity index (χ3n) is 4.64. The number of likely N-dealkylation sites (N-methyl/N-ethyl adjacent to an activating group) is 1. The summed E-state index contributed by atoms with van der Waals surface area (Å²) in [5.74, 6) is -0.421. The highest BCUT2D eigenvalue weighted by Crippen LogP contribution is 2.23. The van der Waals surface area contributed by atoms with Crippen molar-refractivity contribution in [2.24, 2.45) is 10.2 Å². The number of ether oxygens (including phenoxy) is 1. The van der Waals surface area contributed by atoms with Crippen LogP contribution in [0.3, 0.4) is 0 Å². The standard InChI is InChI=1S/C24H21Cl2N3O4S/c1-29(16-17-33-24(30)15-4-18-2-5-19(25)6-3-18)22-11-7-20(8-12-22)27-28-21-9-13-23(14-10-21)34(26,31)32/h2-15H,16-17H2,1H3. The predicted octanol–water partition coefficient (Wildman–Crippen LogP) is 6.38. The molecule has 34 heavy (non-hydrogen) atoms. The van der Waals surface area contributed by atoms with Crippen LogP contribution in [0.2, 0.25) is 5.02 Å². The van der Waals surface area contributed by atoms with Crippen molar-refractivity contribution in [2.75, 3.05) is 25.1 Å². The molecule has 0 fully saturated rings. The summed E-state index contributed by atoms with van der Waals surface area (Å²) in [6, 6.07) is 20.3. The van der Waals surface area contributed by atoms with E-state index >= 15 is 0 Å². The second-order valence-electron chi connectivity index (χ2n) is 7.12. The van der Waals surface area contributed by atoms with Gasteiger partial charge in [0, 0.05) is 34.5 Å². The molecule has 3 aromatic rings. The first-order valence-electron chi connectivity index (χ1n) is 10.1. The van der Waals surface area contributed by atoms with Crippen molar-refractivity contribution in [2.45, 2.75) is 4.90 Å². The first kappa shape index (κ1) is 25.4. The Bertz CT molecular complexity index is 1280. The van der Waals surface area contributed by atoms with Gasteiger partial charge in [-0.05, 0) is 72.3 Å². The van der Waals surface area contributed by atoms with E-state index in [4.69, 9.17) is 27.0 Å². The van der Waals surface area contributed by atoms with Crippen molar-refractivity contribution in [1.82, 2.24) is 0 Å². The van der Waals surface area contributed by atoms with Gasteiger partial charge in [0.25, 0.3) is 9.05 Å². The molecule has 0 aliphatic carbocycles. The van der Waals surface area contributed by atoms with Crippen molar-refractivity contribution < 1.29 is 17.9 Å². The van der Waals surface area contributed by atoms with Gasteiger partial charge in [-0.2, -0.15) is 10.2 Å². The van der Waals surface area contributed by atoms with Gasteiger partial charge in [0.05, 0.1) is 22.8 Å². The van der Waals surface area contributed by atoms with Gasteiger partial charge in [-0.25, -0.2) is 13.2 Å². The number of azo groups is 1. The summed E-state index contributed by atoms with van der Waals surface area (Å²) >= 11 is 5.84. The van der Waals surface area contributed by atoms with Crippen LogP contribution in [0.5, 0.6) is 0 Å². The van der Waals surface area contributed by atoms with Crippen LogP contribution in [0, 0.1) is 0 Å². The Kier molecular flexibility index (Phi) is 8.81. The lowest BCUT2D eigenvalue weighted by Crippen LogP contribution is -2.23. The van der Waals surface area contributed by atoms with E-state index in [0.29, 0.717) is 22.9 Å². The molecule has 0 amide bonds. The maximum atomic E-state index is 11.9. The Labute approximate surface area is 207 Å². The Balaban J connectivity index is 1.47. The van der Waals surface area contributed by atoms with Gasteiger partial charge < -0.3 is 9.64 Å². The fourth-order valence-electron chi connectivity index (χ4n) is 2.76. The third kappa shape index (κ3) is 7.98. The van der Waals surface area contributed by atoms with E-state index in [1.165, 1.54) is 30.3 Å². The first-order valence-corrected chi connectivity index (χ1v) is 12.8. The Morgan fingerprint density at radius 2 is 1.50 bits per heavy atom. The normalized spacial score (nSPS) is 11.7. The number of hydrogen-bond acceptors (Lipinski definition) is 7. The number of rotatable bonds is 9. The van der Waals surface area contributed by atoms with Crippen LogP contribution in [0.1, 0.15) is 5.56 Å². The Morgan fingerprint density at radius 1 is 0.941 bits per heavy atom. The molecule has 3 aromatic carbocycles. The summed E-state index contributed by atoms with van der Waals surface area (Å²) < 4.78 is 27.8. The summed E-state index contributed by atoms with van der Waals surface area (Å²) in [6.45, 7) is 0.743. The molecule has 0 aliphatic rings. The molecule has 0 saturated heterocycles. The molecule has 0 unspecified atom stereocenters. The molecule has 0 aliphatic heterocycles. The first-order chi connectivity index (χ1) is 16.2. The number of hydrogen-bond donors (Lipinski definition) is 0. The second kappa shape index (κ2) is 11.8. The molecular weight excluding hydrogens is 497 g/mol. The number of carbonyl (C=O) groups excluding carboxylic acids is 1. The number of benzene rings is 3. The van der Waals surface area contributed by atoms with Crippen molar-refractivity contribution >= 4 is 60.4 Å². The van der Waals surface area contributed by atoms with Crippen LogP contribution in [0.15, 0.2) is 94.0 Å². The van der Waals surface area contributed by atoms with Crippen LogP contribution >= 0.6 is 22.3 Å². The van der Waals surface area contributed by atoms with E-state index in [2.05, 4.69) is 10.2 Å². The second-order valence-corrected chi connectivity index (χ2v) is 10.1. The summed E-state index contributed by atoms with van der Waals surface area (Å²) in [5.41, 5.74) is 2.90. The zero-order chi connectivity index (χ0) is 24.6. The molecule has 0 radical (unpaired) electrons. The maximum absolute atomic E-state index is 11.9. The number of nitrogens with zero attached hydrogens (tertiary/aromatic N) is 3. The minimum absolute atomic E-state index is 0.00349. The molecule has 3 rings (SSSR count). The van der Waals surface area contributed by atoms with E-state index in [0.717, 1.165) is 11.3 Å². The van der Waals surface area contributed by atoms with E-state index in [9.17, 15) is 13.2 Å². The molecule has 176 valence electrons. The van der Waals surface area contributed by atoms with Crippen LogP contribution < -0.4 is 4.90 Å². The highest BCUT2D eigenvalue weighted by molar-refractivity contribution is 8.13. The lowest BCUT2D eigenvalue weighted by atomic mass is 10.2. The largest absolute Gasteiger partial charge is 0.461 e. The predicted molar refractivity (Wildman–Crippen MR) is 135 cm³/mol. The topological polar surface area (TPSA) is 88.4 Å². The number of esters is 1. The summed E-state index contributed by atoms with van der Waals surface area (Å²) in [4.78, 5) is 13.8. The van der Waals surface area contributed by atoms with Gasteiger partial charge in [0.15, 0.2) is 0 Å². The molecule has 0 spiro atoms. The van der Waals surface area contributed by atoms with Crippen LogP contribution in [0.25, 0.3) is 6.08 Å². The highest BCUT2D eigenvalue weighted by atomic mass is 35.7. The monoisotopic (exact) mass is 517 g/mol. The zero-order valence-corrected chi connectivity index (χ0v) is 20.5. The molecule has 0 atom stereocenters. The highest BCUT2D eigenvalue weighted by Gasteiger charge is 2.08. The molecule has 0 bridgehead atoms. The lowest BCUT2D eigenvalue weighted by Gasteiger charge is -2.18. The summed E-state index contributed by atoms with van der Waals surface area (Å²) in [6.07, 6.45) is 3.05. The SMILES string of the molecule is CN(CCOC(=O)C=Cc1ccc(Cl)cc1)c1ccc(N=Nc2ccc(S(=O)(=O)Cl)cc2)cc1. The van der Waals surface area contributed by atoms with Crippen LogP contribution in [-0.2, 0) is 18.6 Å². The summed E-state index contributed by atoms with van der Waals surface area (Å²) in [7, 11) is 3.42. The molecule has 10 heteroatoms. The van der Waals surface area contributed by atoms with Crippen molar-refractivity contribution in [3.05, 3.63) is 89.5 Å². The van der Waals surface area contributed by atoms with Gasteiger partial charge in [-0.3, -0.25) is 0 Å². The fourth-order valence-corrected chi connectivity index (χ4v) is 3.66. The number of anilines is 1. The van der Waals surface area contributed by atoms with Crippen molar-refractivity contribution in [3.63, 3.8) is 0 Å². The average Bonchev–Trinajstić information content (AvgIpc) is 2.82. The summed E-state index contributed by atoms with van der Waals surface area (Å²) in [5, 5.41) is 8.87. The molecule has 7 nitrogen and oxygen atoms in total.